The van der Waals surface area contributed by atoms with Crippen molar-refractivity contribution < 1.29 is 23.2 Å². The third kappa shape index (κ3) is 15.4. The number of unbranched alkanes of at least 4 members (excludes halogenated alkanes) is 12. The molecule has 1 aliphatic rings. The van der Waals surface area contributed by atoms with Gasteiger partial charge in [0.25, 0.3) is 0 Å². The molecule has 160 valence electrons. The number of phosphoric ester groups is 1. The Kier molecular flexibility index (Phi) is 15.4. The van der Waals surface area contributed by atoms with Crippen LogP contribution in [0.1, 0.15) is 96.8 Å². The van der Waals surface area contributed by atoms with Crippen molar-refractivity contribution in [3.8, 4) is 0 Å². The first-order valence-electron chi connectivity index (χ1n) is 11.0. The average molecular weight is 405 g/mol. The third-order valence-electron chi connectivity index (χ3n) is 4.81. The number of ether oxygens (including phenoxy) is 1. The van der Waals surface area contributed by atoms with Crippen molar-refractivity contribution in [3.63, 3.8) is 0 Å². The van der Waals surface area contributed by atoms with E-state index < -0.39 is 13.9 Å². The van der Waals surface area contributed by atoms with Gasteiger partial charge in [-0.05, 0) is 32.1 Å². The quantitative estimate of drug-likeness (QED) is 0.159. The molecule has 0 aromatic heterocycles. The smallest absolute Gasteiger partial charge is 0.379 e. The molecule has 1 unspecified atom stereocenters. The minimum atomic E-state index is -3.78. The fraction of sp³-hybridized carbons (Fsp3) is 0.905. The van der Waals surface area contributed by atoms with Gasteiger partial charge in [-0.2, -0.15) is 0 Å². The molecule has 1 saturated heterocycles. The molecule has 0 aromatic carbocycles. The van der Waals surface area contributed by atoms with E-state index >= 15 is 0 Å². The maximum Gasteiger partial charge on any atom is 0.472 e. The Bertz CT molecular complexity index is 413. The first-order valence-corrected chi connectivity index (χ1v) is 12.5. The van der Waals surface area contributed by atoms with Crippen molar-refractivity contribution in [1.82, 2.24) is 0 Å². The largest absolute Gasteiger partial charge is 0.472 e. The van der Waals surface area contributed by atoms with Crippen LogP contribution in [0.3, 0.4) is 0 Å². The zero-order chi connectivity index (χ0) is 19.6. The van der Waals surface area contributed by atoms with E-state index in [9.17, 15) is 4.57 Å². The van der Waals surface area contributed by atoms with E-state index in [-0.39, 0.29) is 6.61 Å². The van der Waals surface area contributed by atoms with Crippen molar-refractivity contribution in [2.75, 3.05) is 19.8 Å². The second-order valence-corrected chi connectivity index (χ2v) is 8.91. The Hall–Kier alpha value is -0.190. The molecule has 1 rings (SSSR count). The van der Waals surface area contributed by atoms with Gasteiger partial charge in [0.05, 0.1) is 13.2 Å². The van der Waals surface area contributed by atoms with Crippen LogP contribution >= 0.6 is 7.82 Å². The molecule has 0 radical (unpaired) electrons. The molecule has 0 saturated carbocycles. The van der Waals surface area contributed by atoms with Crippen molar-refractivity contribution in [2.45, 2.75) is 103 Å². The summed E-state index contributed by atoms with van der Waals surface area (Å²) < 4.78 is 26.0. The van der Waals surface area contributed by atoms with Crippen LogP contribution in [-0.4, -0.2) is 30.8 Å². The van der Waals surface area contributed by atoms with E-state index in [1.165, 1.54) is 83.5 Å². The summed E-state index contributed by atoms with van der Waals surface area (Å²) in [4.78, 5) is 9.07. The summed E-state index contributed by atoms with van der Waals surface area (Å²) in [5, 5.41) is 0. The van der Waals surface area contributed by atoms with Gasteiger partial charge in [-0.3, -0.25) is 9.05 Å². The van der Waals surface area contributed by atoms with E-state index in [0.29, 0.717) is 13.2 Å². The lowest BCUT2D eigenvalue weighted by Gasteiger charge is -2.08. The predicted molar refractivity (Wildman–Crippen MR) is 111 cm³/mol. The zero-order valence-electron chi connectivity index (χ0n) is 17.3. The van der Waals surface area contributed by atoms with Gasteiger partial charge in [0.2, 0.25) is 0 Å². The van der Waals surface area contributed by atoms with Crippen LogP contribution in [0.4, 0.5) is 0 Å². The van der Waals surface area contributed by atoms with Crippen molar-refractivity contribution in [1.29, 1.82) is 0 Å². The molecule has 1 N–H and O–H groups in total. The topological polar surface area (TPSA) is 65.0 Å². The fourth-order valence-corrected chi connectivity index (χ4v) is 4.09. The van der Waals surface area contributed by atoms with Gasteiger partial charge >= 0.3 is 7.82 Å². The summed E-state index contributed by atoms with van der Waals surface area (Å²) in [6, 6.07) is 0. The number of hydrogen-bond donors (Lipinski definition) is 1. The molecule has 1 heterocycles. The number of hydrogen-bond acceptors (Lipinski definition) is 4. The van der Waals surface area contributed by atoms with Gasteiger partial charge < -0.3 is 9.63 Å². The summed E-state index contributed by atoms with van der Waals surface area (Å²) in [6.45, 7) is 3.41. The Morgan fingerprint density at radius 1 is 0.926 bits per heavy atom. The molecule has 0 aromatic rings. The van der Waals surface area contributed by atoms with Gasteiger partial charge in [-0.1, -0.05) is 76.9 Å². The molecule has 0 bridgehead atoms. The van der Waals surface area contributed by atoms with Crippen molar-refractivity contribution in [2.24, 2.45) is 0 Å². The summed E-state index contributed by atoms with van der Waals surface area (Å²) in [6.07, 6.45) is 22.4. The summed E-state index contributed by atoms with van der Waals surface area (Å²) in [5.74, 6) is 0. The maximum atomic E-state index is 11.1. The van der Waals surface area contributed by atoms with Gasteiger partial charge in [0.1, 0.15) is 6.10 Å². The van der Waals surface area contributed by atoms with E-state index in [2.05, 4.69) is 23.6 Å². The highest BCUT2D eigenvalue weighted by Gasteiger charge is 2.35. The van der Waals surface area contributed by atoms with Gasteiger partial charge in [0.15, 0.2) is 0 Å². The van der Waals surface area contributed by atoms with Crippen LogP contribution in [0.2, 0.25) is 0 Å². The van der Waals surface area contributed by atoms with Crippen LogP contribution in [0, 0.1) is 0 Å². The third-order valence-corrected chi connectivity index (χ3v) is 5.85. The number of rotatable bonds is 18. The SMILES string of the molecule is CCCCCCCC/C=C\CCCCCCCCOC[C@@H]1COP(=O)(O)O1. The summed E-state index contributed by atoms with van der Waals surface area (Å²) in [5.41, 5.74) is 0. The minimum Gasteiger partial charge on any atom is -0.379 e. The van der Waals surface area contributed by atoms with Crippen LogP contribution in [-0.2, 0) is 18.3 Å². The summed E-state index contributed by atoms with van der Waals surface area (Å²) >= 11 is 0. The van der Waals surface area contributed by atoms with Gasteiger partial charge in [-0.25, -0.2) is 4.57 Å². The molecule has 5 nitrogen and oxygen atoms in total. The Balaban J connectivity index is 1.73. The Morgan fingerprint density at radius 2 is 1.48 bits per heavy atom. The average Bonchev–Trinajstić information content (AvgIpc) is 2.99. The van der Waals surface area contributed by atoms with Crippen molar-refractivity contribution in [3.05, 3.63) is 12.2 Å². The molecular weight excluding hydrogens is 363 g/mol. The highest BCUT2D eigenvalue weighted by Crippen LogP contribution is 2.49. The molecule has 1 aliphatic heterocycles. The van der Waals surface area contributed by atoms with Gasteiger partial charge in [0, 0.05) is 6.61 Å². The molecule has 0 aliphatic carbocycles. The second kappa shape index (κ2) is 16.7. The summed E-state index contributed by atoms with van der Waals surface area (Å²) in [7, 11) is -3.78. The van der Waals surface area contributed by atoms with Crippen LogP contribution in [0.5, 0.6) is 0 Å². The van der Waals surface area contributed by atoms with E-state index in [4.69, 9.17) is 14.2 Å². The molecular formula is C21H41O5P. The predicted octanol–water partition coefficient (Wildman–Crippen LogP) is 6.56. The lowest BCUT2D eigenvalue weighted by molar-refractivity contribution is 0.0554. The van der Waals surface area contributed by atoms with Crippen LogP contribution in [0.15, 0.2) is 12.2 Å². The monoisotopic (exact) mass is 404 g/mol. The first-order chi connectivity index (χ1) is 13.1. The molecule has 2 atom stereocenters. The highest BCUT2D eigenvalue weighted by molar-refractivity contribution is 7.47. The van der Waals surface area contributed by atoms with E-state index in [0.717, 1.165) is 6.42 Å². The zero-order valence-corrected chi connectivity index (χ0v) is 18.2. The number of phosphoric acid groups is 1. The highest BCUT2D eigenvalue weighted by atomic mass is 31.2. The van der Waals surface area contributed by atoms with Crippen molar-refractivity contribution >= 4 is 7.82 Å². The molecule has 27 heavy (non-hydrogen) atoms. The fourth-order valence-electron chi connectivity index (χ4n) is 3.17. The minimum absolute atomic E-state index is 0.140. The second-order valence-electron chi connectivity index (χ2n) is 7.50. The Labute approximate surface area is 166 Å². The van der Waals surface area contributed by atoms with E-state index in [1.54, 1.807) is 0 Å². The number of allylic oxidation sites excluding steroid dienone is 2. The lowest BCUT2D eigenvalue weighted by atomic mass is 10.1. The van der Waals surface area contributed by atoms with Gasteiger partial charge in [-0.15, -0.1) is 0 Å². The van der Waals surface area contributed by atoms with E-state index in [1.807, 2.05) is 0 Å². The maximum absolute atomic E-state index is 11.1. The molecule has 0 spiro atoms. The Morgan fingerprint density at radius 3 is 2.04 bits per heavy atom. The normalized spacial score (nSPS) is 22.8. The van der Waals surface area contributed by atoms with Crippen LogP contribution in [0.25, 0.3) is 0 Å². The first kappa shape index (κ1) is 24.8. The molecule has 1 fully saturated rings. The standard InChI is InChI=1S/C21H41O5P/c1-2-3-4-5-6-7-8-9-10-11-12-13-14-15-16-17-18-24-19-21-20-25-27(22,23)26-21/h9-10,21H,2-8,11-20H2,1H3,(H,22,23)/b10-9-/t21-/m1/s1. The van der Waals surface area contributed by atoms with Crippen LogP contribution < -0.4 is 0 Å². The molecule has 6 heteroatoms. The molecule has 0 amide bonds. The lowest BCUT2D eigenvalue weighted by Crippen LogP contribution is -2.17.